The molecule has 0 aliphatic carbocycles. The average Bonchev–Trinajstić information content (AvgIpc) is 2.63. The highest BCUT2D eigenvalue weighted by Crippen LogP contribution is 2.27. The fourth-order valence-electron chi connectivity index (χ4n) is 1.69. The van der Waals surface area contributed by atoms with Crippen LogP contribution in [0.15, 0.2) is 17.5 Å². The Morgan fingerprint density at radius 1 is 1.20 bits per heavy atom. The van der Waals surface area contributed by atoms with Crippen LogP contribution in [-0.4, -0.2) is 13.1 Å². The fraction of sp³-hybridized carbons (Fsp3) is 0.692. The first kappa shape index (κ1) is 12.7. The molecule has 86 valence electrons. The molecule has 1 heterocycles. The number of thiophene rings is 1. The van der Waals surface area contributed by atoms with Gasteiger partial charge < -0.3 is 5.32 Å². The van der Waals surface area contributed by atoms with Gasteiger partial charge in [-0.25, -0.2) is 0 Å². The van der Waals surface area contributed by atoms with E-state index in [9.17, 15) is 0 Å². The minimum atomic E-state index is 0.670. The minimum absolute atomic E-state index is 0.670. The van der Waals surface area contributed by atoms with Crippen molar-refractivity contribution in [1.29, 1.82) is 0 Å². The number of rotatable bonds is 6. The van der Waals surface area contributed by atoms with E-state index in [-0.39, 0.29) is 0 Å². The summed E-state index contributed by atoms with van der Waals surface area (Å²) in [6.07, 6.45) is 0. The molecule has 0 aliphatic heterocycles. The normalized spacial score (nSPS) is 13.7. The van der Waals surface area contributed by atoms with Crippen molar-refractivity contribution in [2.45, 2.75) is 33.6 Å². The quantitative estimate of drug-likeness (QED) is 0.778. The van der Waals surface area contributed by atoms with Crippen LogP contribution in [0.2, 0.25) is 0 Å². The van der Waals surface area contributed by atoms with Crippen LogP contribution in [0.25, 0.3) is 0 Å². The van der Waals surface area contributed by atoms with Crippen molar-refractivity contribution in [1.82, 2.24) is 5.32 Å². The molecular weight excluding hydrogens is 202 g/mol. The van der Waals surface area contributed by atoms with Gasteiger partial charge >= 0.3 is 0 Å². The van der Waals surface area contributed by atoms with Gasteiger partial charge in [-0.05, 0) is 29.8 Å². The van der Waals surface area contributed by atoms with Crippen LogP contribution in [0.1, 0.15) is 38.5 Å². The van der Waals surface area contributed by atoms with E-state index < -0.39 is 0 Å². The molecular formula is C13H23NS. The molecule has 0 aromatic carbocycles. The van der Waals surface area contributed by atoms with Crippen molar-refractivity contribution < 1.29 is 0 Å². The second-order valence-corrected chi connectivity index (χ2v) is 5.90. The summed E-state index contributed by atoms with van der Waals surface area (Å²) < 4.78 is 0. The van der Waals surface area contributed by atoms with E-state index in [4.69, 9.17) is 0 Å². The Hall–Kier alpha value is -0.340. The van der Waals surface area contributed by atoms with Crippen LogP contribution < -0.4 is 5.32 Å². The van der Waals surface area contributed by atoms with E-state index in [1.165, 1.54) is 4.88 Å². The molecule has 1 rings (SSSR count). The van der Waals surface area contributed by atoms with Crippen molar-refractivity contribution in [3.05, 3.63) is 22.4 Å². The van der Waals surface area contributed by atoms with Crippen LogP contribution in [0, 0.1) is 11.8 Å². The first-order valence-electron chi connectivity index (χ1n) is 5.85. The van der Waals surface area contributed by atoms with Crippen molar-refractivity contribution in [2.75, 3.05) is 13.1 Å². The van der Waals surface area contributed by atoms with E-state index in [0.29, 0.717) is 11.8 Å². The van der Waals surface area contributed by atoms with E-state index in [1.807, 2.05) is 11.3 Å². The van der Waals surface area contributed by atoms with Gasteiger partial charge in [-0.3, -0.25) is 0 Å². The maximum Gasteiger partial charge on any atom is 0.00914 e. The summed E-state index contributed by atoms with van der Waals surface area (Å²) in [6, 6.07) is 4.41. The third-order valence-corrected chi connectivity index (χ3v) is 3.63. The van der Waals surface area contributed by atoms with Gasteiger partial charge in [0.15, 0.2) is 0 Å². The van der Waals surface area contributed by atoms with Gasteiger partial charge in [0.05, 0.1) is 0 Å². The SMILES string of the molecule is CC(C)CNCC(c1cccs1)C(C)C. The second kappa shape index (κ2) is 6.29. The summed E-state index contributed by atoms with van der Waals surface area (Å²) in [5, 5.41) is 5.73. The summed E-state index contributed by atoms with van der Waals surface area (Å²) in [5.74, 6) is 2.12. The number of hydrogen-bond donors (Lipinski definition) is 1. The molecule has 0 saturated heterocycles. The predicted octanol–water partition coefficient (Wildman–Crippen LogP) is 3.73. The molecule has 1 aromatic heterocycles. The van der Waals surface area contributed by atoms with Crippen LogP contribution >= 0.6 is 11.3 Å². The van der Waals surface area contributed by atoms with Gasteiger partial charge in [0, 0.05) is 17.3 Å². The van der Waals surface area contributed by atoms with E-state index in [1.54, 1.807) is 0 Å². The van der Waals surface area contributed by atoms with Crippen molar-refractivity contribution in [3.8, 4) is 0 Å². The summed E-state index contributed by atoms with van der Waals surface area (Å²) in [7, 11) is 0. The summed E-state index contributed by atoms with van der Waals surface area (Å²) in [5.41, 5.74) is 0. The largest absolute Gasteiger partial charge is 0.316 e. The summed E-state index contributed by atoms with van der Waals surface area (Å²) >= 11 is 1.88. The lowest BCUT2D eigenvalue weighted by Gasteiger charge is -2.20. The van der Waals surface area contributed by atoms with Gasteiger partial charge in [-0.2, -0.15) is 0 Å². The molecule has 0 saturated carbocycles. The highest BCUT2D eigenvalue weighted by molar-refractivity contribution is 7.10. The lowest BCUT2D eigenvalue weighted by Crippen LogP contribution is -2.27. The zero-order chi connectivity index (χ0) is 11.3. The zero-order valence-corrected chi connectivity index (χ0v) is 11.1. The number of nitrogens with one attached hydrogen (secondary N) is 1. The molecule has 15 heavy (non-hydrogen) atoms. The Bertz CT molecular complexity index is 252. The molecule has 0 amide bonds. The molecule has 1 aromatic rings. The molecule has 0 aliphatic rings. The molecule has 0 fully saturated rings. The van der Waals surface area contributed by atoms with Gasteiger partial charge in [-0.15, -0.1) is 11.3 Å². The van der Waals surface area contributed by atoms with Crippen LogP contribution in [0.5, 0.6) is 0 Å². The Morgan fingerprint density at radius 2 is 1.93 bits per heavy atom. The summed E-state index contributed by atoms with van der Waals surface area (Å²) in [6.45, 7) is 11.3. The second-order valence-electron chi connectivity index (χ2n) is 4.92. The highest BCUT2D eigenvalue weighted by Gasteiger charge is 2.16. The molecule has 1 N–H and O–H groups in total. The van der Waals surface area contributed by atoms with Gasteiger partial charge in [0.25, 0.3) is 0 Å². The molecule has 1 nitrogen and oxygen atoms in total. The topological polar surface area (TPSA) is 12.0 Å². The Morgan fingerprint density at radius 3 is 2.40 bits per heavy atom. The third kappa shape index (κ3) is 4.35. The monoisotopic (exact) mass is 225 g/mol. The lowest BCUT2D eigenvalue weighted by atomic mass is 9.94. The smallest absolute Gasteiger partial charge is 0.00914 e. The van der Waals surface area contributed by atoms with Gasteiger partial charge in [0.2, 0.25) is 0 Å². The number of hydrogen-bond acceptors (Lipinski definition) is 2. The minimum Gasteiger partial charge on any atom is -0.316 e. The highest BCUT2D eigenvalue weighted by atomic mass is 32.1. The standard InChI is InChI=1S/C13H23NS/c1-10(2)8-14-9-12(11(3)4)13-6-5-7-15-13/h5-7,10-12,14H,8-9H2,1-4H3. The zero-order valence-electron chi connectivity index (χ0n) is 10.3. The van der Waals surface area contributed by atoms with Gasteiger partial charge in [0.1, 0.15) is 0 Å². The van der Waals surface area contributed by atoms with Crippen molar-refractivity contribution >= 4 is 11.3 Å². The molecule has 0 bridgehead atoms. The van der Waals surface area contributed by atoms with Crippen molar-refractivity contribution in [2.24, 2.45) is 11.8 Å². The predicted molar refractivity (Wildman–Crippen MR) is 69.6 cm³/mol. The summed E-state index contributed by atoms with van der Waals surface area (Å²) in [4.78, 5) is 1.52. The van der Waals surface area contributed by atoms with Crippen LogP contribution in [0.3, 0.4) is 0 Å². The molecule has 1 unspecified atom stereocenters. The average molecular weight is 225 g/mol. The van der Waals surface area contributed by atoms with Gasteiger partial charge in [-0.1, -0.05) is 33.8 Å². The van der Waals surface area contributed by atoms with Crippen molar-refractivity contribution in [3.63, 3.8) is 0 Å². The molecule has 2 heteroatoms. The Balaban J connectivity index is 2.45. The van der Waals surface area contributed by atoms with E-state index in [2.05, 4.69) is 50.5 Å². The molecule has 0 radical (unpaired) electrons. The third-order valence-electron chi connectivity index (χ3n) is 2.63. The van der Waals surface area contributed by atoms with Crippen LogP contribution in [0.4, 0.5) is 0 Å². The fourth-order valence-corrected chi connectivity index (χ4v) is 2.70. The van der Waals surface area contributed by atoms with E-state index in [0.717, 1.165) is 19.0 Å². The molecule has 0 spiro atoms. The lowest BCUT2D eigenvalue weighted by molar-refractivity contribution is 0.447. The first-order chi connectivity index (χ1) is 7.11. The Kier molecular flexibility index (Phi) is 5.34. The maximum atomic E-state index is 3.56. The Labute approximate surface area is 97.9 Å². The van der Waals surface area contributed by atoms with Crippen LogP contribution in [-0.2, 0) is 0 Å². The maximum absolute atomic E-state index is 3.56. The first-order valence-corrected chi connectivity index (χ1v) is 6.73. The van der Waals surface area contributed by atoms with E-state index >= 15 is 0 Å². The molecule has 1 atom stereocenters.